The number of halogens is 1. The number of nitrogens with zero attached hydrogens (tertiary/aromatic N) is 2. The minimum atomic E-state index is -0.418. The fourth-order valence-corrected chi connectivity index (χ4v) is 4.07. The molecule has 0 saturated carbocycles. The zero-order chi connectivity index (χ0) is 13.7. The lowest BCUT2D eigenvalue weighted by atomic mass is 9.81. The number of amides is 3. The van der Waals surface area contributed by atoms with Crippen LogP contribution in [-0.2, 0) is 14.4 Å². The molecule has 6 heteroatoms. The van der Waals surface area contributed by atoms with Crippen LogP contribution in [0, 0.1) is 11.8 Å². The van der Waals surface area contributed by atoms with Gasteiger partial charge in [-0.25, -0.2) is 0 Å². The number of likely N-dealkylation sites (tertiary alicyclic amines) is 2. The monoisotopic (exact) mass is 326 g/mol. The number of allylic oxidation sites excluding steroid dienone is 1. The largest absolute Gasteiger partial charge is 0.334 e. The number of carbonyl (C=O) groups is 3. The van der Waals surface area contributed by atoms with E-state index in [0.29, 0.717) is 19.4 Å². The van der Waals surface area contributed by atoms with Gasteiger partial charge in [-0.15, -0.1) is 0 Å². The van der Waals surface area contributed by atoms with Gasteiger partial charge in [-0.05, 0) is 12.8 Å². The minimum absolute atomic E-state index is 0.0748. The van der Waals surface area contributed by atoms with Crippen molar-refractivity contribution in [3.63, 3.8) is 0 Å². The molecule has 3 atom stereocenters. The maximum atomic E-state index is 12.3. The van der Waals surface area contributed by atoms with Gasteiger partial charge in [0.2, 0.25) is 17.7 Å². The van der Waals surface area contributed by atoms with Gasteiger partial charge in [0.25, 0.3) is 0 Å². The normalized spacial score (nSPS) is 34.9. The Labute approximate surface area is 119 Å². The van der Waals surface area contributed by atoms with Crippen LogP contribution in [0.3, 0.4) is 0 Å². The van der Waals surface area contributed by atoms with E-state index in [4.69, 9.17) is 0 Å². The fourth-order valence-electron chi connectivity index (χ4n) is 3.35. The topological polar surface area (TPSA) is 57.7 Å². The molecule has 0 unspecified atom stereocenters. The first-order valence-corrected chi connectivity index (χ1v) is 7.28. The summed E-state index contributed by atoms with van der Waals surface area (Å²) in [5.41, 5.74) is 0. The molecule has 3 aliphatic rings. The summed E-state index contributed by atoms with van der Waals surface area (Å²) in [6, 6.07) is -0.296. The van der Waals surface area contributed by atoms with Crippen molar-refractivity contribution in [1.82, 2.24) is 9.80 Å². The summed E-state index contributed by atoms with van der Waals surface area (Å²) >= 11 is 3.48. The molecule has 2 aliphatic heterocycles. The summed E-state index contributed by atoms with van der Waals surface area (Å²) in [5, 5.41) is 0. The Morgan fingerprint density at radius 3 is 2.63 bits per heavy atom. The Kier molecular flexibility index (Phi) is 3.00. The number of imide groups is 1. The van der Waals surface area contributed by atoms with Crippen LogP contribution in [0.1, 0.15) is 19.3 Å². The summed E-state index contributed by atoms with van der Waals surface area (Å²) in [4.78, 5) is 39.3. The van der Waals surface area contributed by atoms with E-state index in [1.54, 1.807) is 4.90 Å². The zero-order valence-electron chi connectivity index (χ0n) is 10.6. The van der Waals surface area contributed by atoms with Crippen LogP contribution in [0.2, 0.25) is 0 Å². The number of carbonyl (C=O) groups excluding carboxylic acids is 3. The molecule has 5 nitrogen and oxygen atoms in total. The van der Waals surface area contributed by atoms with E-state index in [1.807, 2.05) is 6.08 Å². The molecule has 3 amide bonds. The van der Waals surface area contributed by atoms with Crippen LogP contribution >= 0.6 is 15.9 Å². The third-order valence-corrected chi connectivity index (χ3v) is 5.13. The van der Waals surface area contributed by atoms with E-state index in [2.05, 4.69) is 15.9 Å². The Bertz CT molecular complexity index is 502. The summed E-state index contributed by atoms with van der Waals surface area (Å²) in [7, 11) is 1.53. The lowest BCUT2D eigenvalue weighted by molar-refractivity contribution is -0.138. The lowest BCUT2D eigenvalue weighted by Gasteiger charge is -2.36. The van der Waals surface area contributed by atoms with Gasteiger partial charge in [0.1, 0.15) is 0 Å². The van der Waals surface area contributed by atoms with Gasteiger partial charge in [-0.3, -0.25) is 19.3 Å². The van der Waals surface area contributed by atoms with Crippen LogP contribution in [0.15, 0.2) is 10.6 Å². The second-order valence-electron chi connectivity index (χ2n) is 5.33. The Morgan fingerprint density at radius 1 is 1.26 bits per heavy atom. The van der Waals surface area contributed by atoms with Gasteiger partial charge in [0.15, 0.2) is 0 Å². The smallest absolute Gasteiger partial charge is 0.235 e. The number of rotatable bonds is 1. The highest BCUT2D eigenvalue weighted by atomic mass is 79.9. The van der Waals surface area contributed by atoms with Crippen molar-refractivity contribution >= 4 is 33.7 Å². The molecule has 0 spiro atoms. The second kappa shape index (κ2) is 4.44. The molecule has 0 N–H and O–H groups in total. The lowest BCUT2D eigenvalue weighted by Crippen LogP contribution is -2.47. The average molecular weight is 327 g/mol. The van der Waals surface area contributed by atoms with E-state index in [0.717, 1.165) is 10.9 Å². The van der Waals surface area contributed by atoms with Gasteiger partial charge < -0.3 is 4.90 Å². The highest BCUT2D eigenvalue weighted by Crippen LogP contribution is 2.42. The summed E-state index contributed by atoms with van der Waals surface area (Å²) in [6.45, 7) is 0.668. The van der Waals surface area contributed by atoms with E-state index in [9.17, 15) is 14.4 Å². The van der Waals surface area contributed by atoms with E-state index in [-0.39, 0.29) is 29.7 Å². The molecule has 0 bridgehead atoms. The third kappa shape index (κ3) is 1.76. The number of hydrogen-bond acceptors (Lipinski definition) is 3. The van der Waals surface area contributed by atoms with Gasteiger partial charge in [-0.2, -0.15) is 0 Å². The molecule has 2 heterocycles. The number of fused-ring (bicyclic) bond motifs is 1. The third-order valence-electron chi connectivity index (χ3n) is 4.33. The molecule has 0 aromatic carbocycles. The zero-order valence-corrected chi connectivity index (χ0v) is 12.2. The van der Waals surface area contributed by atoms with Crippen molar-refractivity contribution in [2.75, 3.05) is 13.6 Å². The van der Waals surface area contributed by atoms with Crippen molar-refractivity contribution in [2.45, 2.75) is 25.3 Å². The standard InChI is InChI=1S/C13H15BrN2O3/c1-15-12(18)7-4-5-8(14)11(10(7)13(15)19)16-6-2-3-9(16)17/h5,7,10-11H,2-4,6H2,1H3/t7-,10-,11+/m0/s1. The number of hydrogen-bond donors (Lipinski definition) is 0. The summed E-state index contributed by atoms with van der Waals surface area (Å²) in [5.74, 6) is -0.936. The first-order chi connectivity index (χ1) is 9.02. The van der Waals surface area contributed by atoms with Crippen LogP contribution in [0.25, 0.3) is 0 Å². The molecular weight excluding hydrogens is 312 g/mol. The van der Waals surface area contributed by atoms with Crippen LogP contribution < -0.4 is 0 Å². The van der Waals surface area contributed by atoms with Crippen molar-refractivity contribution in [2.24, 2.45) is 11.8 Å². The molecule has 0 aromatic heterocycles. The van der Waals surface area contributed by atoms with Crippen molar-refractivity contribution in [1.29, 1.82) is 0 Å². The predicted molar refractivity (Wildman–Crippen MR) is 71.1 cm³/mol. The highest BCUT2D eigenvalue weighted by Gasteiger charge is 2.54. The average Bonchev–Trinajstić information content (AvgIpc) is 2.89. The van der Waals surface area contributed by atoms with Gasteiger partial charge in [0.05, 0.1) is 17.9 Å². The Balaban J connectivity index is 1.99. The van der Waals surface area contributed by atoms with Crippen LogP contribution in [-0.4, -0.2) is 47.2 Å². The predicted octanol–water partition coefficient (Wildman–Crippen LogP) is 0.891. The Morgan fingerprint density at radius 2 is 2.00 bits per heavy atom. The SMILES string of the molecule is CN1C(=O)[C@H]2[C@H](CC=C(Br)[C@H]2N2CCCC2=O)C1=O. The summed E-state index contributed by atoms with van der Waals surface area (Å²) in [6.07, 6.45) is 3.86. The molecule has 3 rings (SSSR count). The second-order valence-corrected chi connectivity index (χ2v) is 6.24. The first kappa shape index (κ1) is 12.8. The molecule has 0 radical (unpaired) electrons. The van der Waals surface area contributed by atoms with Crippen LogP contribution in [0.4, 0.5) is 0 Å². The molecule has 2 saturated heterocycles. The first-order valence-electron chi connectivity index (χ1n) is 6.49. The van der Waals surface area contributed by atoms with Crippen LogP contribution in [0.5, 0.6) is 0 Å². The molecular formula is C13H15BrN2O3. The van der Waals surface area contributed by atoms with Crippen molar-refractivity contribution in [3.8, 4) is 0 Å². The Hall–Kier alpha value is -1.17. The summed E-state index contributed by atoms with van der Waals surface area (Å²) < 4.78 is 0.862. The maximum Gasteiger partial charge on any atom is 0.235 e. The molecule has 2 fully saturated rings. The maximum absolute atomic E-state index is 12.3. The fraction of sp³-hybridized carbons (Fsp3) is 0.615. The molecule has 19 heavy (non-hydrogen) atoms. The van der Waals surface area contributed by atoms with Crippen molar-refractivity contribution in [3.05, 3.63) is 10.6 Å². The quantitative estimate of drug-likeness (QED) is 0.672. The van der Waals surface area contributed by atoms with E-state index >= 15 is 0 Å². The molecule has 1 aliphatic carbocycles. The van der Waals surface area contributed by atoms with Gasteiger partial charge in [-0.1, -0.05) is 22.0 Å². The highest BCUT2D eigenvalue weighted by molar-refractivity contribution is 9.11. The minimum Gasteiger partial charge on any atom is -0.334 e. The van der Waals surface area contributed by atoms with Gasteiger partial charge >= 0.3 is 0 Å². The van der Waals surface area contributed by atoms with E-state index < -0.39 is 5.92 Å². The van der Waals surface area contributed by atoms with Gasteiger partial charge in [0, 0.05) is 24.5 Å². The van der Waals surface area contributed by atoms with Crippen molar-refractivity contribution < 1.29 is 14.4 Å². The molecule has 0 aromatic rings. The molecule has 102 valence electrons. The van der Waals surface area contributed by atoms with E-state index in [1.165, 1.54) is 11.9 Å².